The summed E-state index contributed by atoms with van der Waals surface area (Å²) in [5.74, 6) is -1.14. The second-order valence-corrected chi connectivity index (χ2v) is 7.54. The van der Waals surface area contributed by atoms with E-state index in [9.17, 15) is 14.7 Å². The number of ether oxygens (including phenoxy) is 1. The van der Waals surface area contributed by atoms with Gasteiger partial charge in [-0.15, -0.1) is 11.8 Å². The van der Waals surface area contributed by atoms with Crippen LogP contribution in [0.4, 0.5) is 0 Å². The molecular weight excluding hydrogens is 338 g/mol. The molecule has 0 amide bonds. The molecule has 1 heterocycles. The minimum Gasteiger partial charge on any atom is -0.481 e. The Morgan fingerprint density at radius 1 is 1.28 bits per heavy atom. The third kappa shape index (κ3) is 3.68. The SMILES string of the molecule is COC(=O)C1=C(C)NC(C)C(CCSc2ccccc2)(C(=O)O)C1C. The molecule has 0 saturated heterocycles. The summed E-state index contributed by atoms with van der Waals surface area (Å²) < 4.78 is 4.88. The Bertz CT molecular complexity index is 673. The number of rotatable bonds is 6. The molecule has 25 heavy (non-hydrogen) atoms. The smallest absolute Gasteiger partial charge is 0.335 e. The van der Waals surface area contributed by atoms with Crippen molar-refractivity contribution < 1.29 is 19.4 Å². The minimum absolute atomic E-state index is 0.287. The maximum Gasteiger partial charge on any atom is 0.335 e. The predicted molar refractivity (Wildman–Crippen MR) is 98.3 cm³/mol. The third-order valence-corrected chi connectivity index (χ3v) is 6.16. The van der Waals surface area contributed by atoms with Crippen molar-refractivity contribution in [2.75, 3.05) is 12.9 Å². The zero-order valence-corrected chi connectivity index (χ0v) is 15.9. The van der Waals surface area contributed by atoms with Gasteiger partial charge in [-0.25, -0.2) is 4.79 Å². The maximum atomic E-state index is 12.3. The van der Waals surface area contributed by atoms with E-state index in [2.05, 4.69) is 5.32 Å². The molecule has 0 radical (unpaired) electrons. The average Bonchev–Trinajstić information content (AvgIpc) is 2.58. The molecule has 6 heteroatoms. The zero-order valence-electron chi connectivity index (χ0n) is 15.0. The molecule has 0 saturated carbocycles. The van der Waals surface area contributed by atoms with E-state index in [4.69, 9.17) is 4.74 Å². The second kappa shape index (κ2) is 7.95. The molecule has 2 N–H and O–H groups in total. The number of nitrogens with one attached hydrogen (secondary N) is 1. The van der Waals surface area contributed by atoms with Gasteiger partial charge in [-0.2, -0.15) is 0 Å². The molecule has 0 fully saturated rings. The Balaban J connectivity index is 2.27. The van der Waals surface area contributed by atoms with Crippen molar-refractivity contribution in [2.45, 2.75) is 38.1 Å². The Labute approximate surface area is 152 Å². The van der Waals surface area contributed by atoms with Crippen molar-refractivity contribution in [3.8, 4) is 0 Å². The van der Waals surface area contributed by atoms with Gasteiger partial charge in [-0.3, -0.25) is 4.79 Å². The number of hydrogen-bond donors (Lipinski definition) is 2. The average molecular weight is 363 g/mol. The molecule has 2 rings (SSSR count). The summed E-state index contributed by atoms with van der Waals surface area (Å²) in [5.41, 5.74) is 0.0531. The van der Waals surface area contributed by atoms with Crippen LogP contribution in [0.5, 0.6) is 0 Å². The topological polar surface area (TPSA) is 75.6 Å². The Kier molecular flexibility index (Phi) is 6.16. The number of carboxylic acid groups (broad SMARTS) is 1. The van der Waals surface area contributed by atoms with Crippen molar-refractivity contribution in [2.24, 2.45) is 11.3 Å². The first-order valence-electron chi connectivity index (χ1n) is 8.31. The summed E-state index contributed by atoms with van der Waals surface area (Å²) in [4.78, 5) is 25.6. The number of esters is 1. The highest BCUT2D eigenvalue weighted by Crippen LogP contribution is 2.45. The van der Waals surface area contributed by atoms with Crippen molar-refractivity contribution in [3.63, 3.8) is 0 Å². The molecule has 136 valence electrons. The number of allylic oxidation sites excluding steroid dienone is 1. The highest BCUT2D eigenvalue weighted by Gasteiger charge is 2.53. The van der Waals surface area contributed by atoms with Gasteiger partial charge in [0.1, 0.15) is 0 Å². The normalized spacial score (nSPS) is 26.1. The molecule has 3 atom stereocenters. The van der Waals surface area contributed by atoms with Crippen LogP contribution in [-0.2, 0) is 14.3 Å². The molecule has 1 aliphatic rings. The van der Waals surface area contributed by atoms with Gasteiger partial charge in [0.2, 0.25) is 0 Å². The van der Waals surface area contributed by atoms with Crippen molar-refractivity contribution in [3.05, 3.63) is 41.6 Å². The lowest BCUT2D eigenvalue weighted by Crippen LogP contribution is -2.57. The van der Waals surface area contributed by atoms with E-state index in [-0.39, 0.29) is 6.04 Å². The summed E-state index contributed by atoms with van der Waals surface area (Å²) in [6, 6.07) is 9.61. The summed E-state index contributed by atoms with van der Waals surface area (Å²) in [6.07, 6.45) is 0.449. The first-order valence-corrected chi connectivity index (χ1v) is 9.30. The van der Waals surface area contributed by atoms with Crippen LogP contribution >= 0.6 is 11.8 Å². The fourth-order valence-electron chi connectivity index (χ4n) is 3.69. The predicted octanol–water partition coefficient (Wildman–Crippen LogP) is 3.31. The molecule has 0 aliphatic carbocycles. The van der Waals surface area contributed by atoms with Gasteiger partial charge < -0.3 is 15.2 Å². The van der Waals surface area contributed by atoms with E-state index in [1.165, 1.54) is 7.11 Å². The fourth-order valence-corrected chi connectivity index (χ4v) is 4.72. The van der Waals surface area contributed by atoms with Crippen LogP contribution in [0.25, 0.3) is 0 Å². The number of carbonyl (C=O) groups is 2. The van der Waals surface area contributed by atoms with Gasteiger partial charge in [0.15, 0.2) is 0 Å². The number of benzene rings is 1. The van der Waals surface area contributed by atoms with Crippen LogP contribution in [0.1, 0.15) is 27.2 Å². The lowest BCUT2D eigenvalue weighted by molar-refractivity contribution is -0.155. The van der Waals surface area contributed by atoms with Crippen molar-refractivity contribution in [1.82, 2.24) is 5.32 Å². The lowest BCUT2D eigenvalue weighted by atomic mass is 9.64. The quantitative estimate of drug-likeness (QED) is 0.596. The van der Waals surface area contributed by atoms with E-state index < -0.39 is 23.3 Å². The highest BCUT2D eigenvalue weighted by molar-refractivity contribution is 7.99. The van der Waals surface area contributed by atoms with Crippen LogP contribution in [0.2, 0.25) is 0 Å². The first kappa shape index (κ1) is 19.4. The standard InChI is InChI=1S/C19H25NO4S/c1-12-16(17(21)24-4)13(2)20-14(3)19(12,18(22)23)10-11-25-15-8-6-5-7-9-15/h5-9,12,14,20H,10-11H2,1-4H3,(H,22,23). The van der Waals surface area contributed by atoms with Crippen molar-refractivity contribution >= 4 is 23.7 Å². The van der Waals surface area contributed by atoms with Gasteiger partial charge in [0.05, 0.1) is 18.1 Å². The summed E-state index contributed by atoms with van der Waals surface area (Å²) >= 11 is 1.63. The fraction of sp³-hybridized carbons (Fsp3) is 0.474. The Hall–Kier alpha value is -1.95. The monoisotopic (exact) mass is 363 g/mol. The van der Waals surface area contributed by atoms with Gasteiger partial charge in [-0.05, 0) is 38.2 Å². The van der Waals surface area contributed by atoms with E-state index in [1.54, 1.807) is 18.7 Å². The Morgan fingerprint density at radius 3 is 2.48 bits per heavy atom. The van der Waals surface area contributed by atoms with Crippen LogP contribution < -0.4 is 5.32 Å². The van der Waals surface area contributed by atoms with Gasteiger partial charge in [-0.1, -0.05) is 25.1 Å². The summed E-state index contributed by atoms with van der Waals surface area (Å²) in [5, 5.41) is 13.2. The zero-order chi connectivity index (χ0) is 18.6. The number of carbonyl (C=O) groups excluding carboxylic acids is 1. The number of thioether (sulfide) groups is 1. The van der Waals surface area contributed by atoms with E-state index in [0.29, 0.717) is 23.4 Å². The van der Waals surface area contributed by atoms with Gasteiger partial charge >= 0.3 is 11.9 Å². The molecule has 3 unspecified atom stereocenters. The van der Waals surface area contributed by atoms with Gasteiger partial charge in [0, 0.05) is 22.6 Å². The highest BCUT2D eigenvalue weighted by atomic mass is 32.2. The molecule has 1 aromatic rings. The molecule has 0 aromatic heterocycles. The maximum absolute atomic E-state index is 12.3. The number of methoxy groups -OCH3 is 1. The van der Waals surface area contributed by atoms with Crippen LogP contribution in [0.3, 0.4) is 0 Å². The third-order valence-electron chi connectivity index (χ3n) is 5.15. The van der Waals surface area contributed by atoms with Crippen LogP contribution in [0, 0.1) is 11.3 Å². The molecule has 5 nitrogen and oxygen atoms in total. The van der Waals surface area contributed by atoms with Crippen LogP contribution in [0.15, 0.2) is 46.5 Å². The van der Waals surface area contributed by atoms with Crippen molar-refractivity contribution in [1.29, 1.82) is 0 Å². The lowest BCUT2D eigenvalue weighted by Gasteiger charge is -2.45. The largest absolute Gasteiger partial charge is 0.481 e. The number of aliphatic carboxylic acids is 1. The van der Waals surface area contributed by atoms with E-state index >= 15 is 0 Å². The molecule has 1 aromatic carbocycles. The molecule has 0 spiro atoms. The number of hydrogen-bond acceptors (Lipinski definition) is 5. The summed E-state index contributed by atoms with van der Waals surface area (Å²) in [7, 11) is 1.32. The first-order chi connectivity index (χ1) is 11.8. The van der Waals surface area contributed by atoms with Crippen LogP contribution in [-0.4, -0.2) is 35.9 Å². The summed E-state index contributed by atoms with van der Waals surface area (Å²) in [6.45, 7) is 5.48. The molecule has 1 aliphatic heterocycles. The van der Waals surface area contributed by atoms with E-state index in [0.717, 1.165) is 4.90 Å². The van der Waals surface area contributed by atoms with E-state index in [1.807, 2.05) is 44.2 Å². The molecule has 0 bridgehead atoms. The Morgan fingerprint density at radius 2 is 1.92 bits per heavy atom. The molecular formula is C19H25NO4S. The number of carboxylic acids is 1. The van der Waals surface area contributed by atoms with Gasteiger partial charge in [0.25, 0.3) is 0 Å². The second-order valence-electron chi connectivity index (χ2n) is 6.38. The minimum atomic E-state index is -1.06.